The molecule has 33 heavy (non-hydrogen) atoms. The maximum Gasteiger partial charge on any atom is 0.416 e. The maximum absolute atomic E-state index is 13.5. The molecule has 178 valence electrons. The fourth-order valence-corrected chi connectivity index (χ4v) is 5.61. The molecule has 0 spiro atoms. The van der Waals surface area contributed by atoms with Crippen LogP contribution in [0.1, 0.15) is 54.5 Å². The minimum atomic E-state index is -4.37. The van der Waals surface area contributed by atoms with Crippen LogP contribution in [0, 0.1) is 11.8 Å². The third-order valence-corrected chi connectivity index (χ3v) is 7.40. The normalized spacial score (nSPS) is 28.0. The van der Waals surface area contributed by atoms with Crippen molar-refractivity contribution in [1.82, 2.24) is 10.6 Å². The number of ether oxygens (including phenoxy) is 1. The summed E-state index contributed by atoms with van der Waals surface area (Å²) in [4.78, 5) is 0. The van der Waals surface area contributed by atoms with Gasteiger partial charge in [0, 0.05) is 23.7 Å². The van der Waals surface area contributed by atoms with Crippen LogP contribution < -0.4 is 16.0 Å². The fourth-order valence-electron chi connectivity index (χ4n) is 5.61. The van der Waals surface area contributed by atoms with Gasteiger partial charge < -0.3 is 20.7 Å². The lowest BCUT2D eigenvalue weighted by Gasteiger charge is -2.46. The largest absolute Gasteiger partial charge is 0.416 e. The number of fused-ring (bicyclic) bond motifs is 3. The van der Waals surface area contributed by atoms with Gasteiger partial charge in [0.2, 0.25) is 0 Å². The molecule has 3 aliphatic rings. The Hall–Kier alpha value is -2.09. The molecule has 2 fully saturated rings. The summed E-state index contributed by atoms with van der Waals surface area (Å²) < 4.78 is 46.9. The highest BCUT2D eigenvalue weighted by atomic mass is 19.4. The van der Waals surface area contributed by atoms with Gasteiger partial charge >= 0.3 is 6.18 Å². The molecule has 3 aliphatic heterocycles. The lowest BCUT2D eigenvalue weighted by atomic mass is 9.76. The molecule has 7 heteroatoms. The van der Waals surface area contributed by atoms with E-state index in [1.807, 2.05) is 18.2 Å². The molecule has 3 N–H and O–H groups in total. The zero-order valence-electron chi connectivity index (χ0n) is 18.7. The third-order valence-electron chi connectivity index (χ3n) is 7.40. The molecule has 4 atom stereocenters. The van der Waals surface area contributed by atoms with Crippen molar-refractivity contribution in [2.75, 3.05) is 31.5 Å². The summed E-state index contributed by atoms with van der Waals surface area (Å²) >= 11 is 0. The summed E-state index contributed by atoms with van der Waals surface area (Å²) in [6.45, 7) is 3.86. The molecule has 5 rings (SSSR count). The molecule has 2 aromatic carbocycles. The minimum Gasteiger partial charge on any atom is -0.378 e. The molecule has 0 radical (unpaired) electrons. The first-order valence-electron chi connectivity index (χ1n) is 12.1. The SMILES string of the molecule is FC(F)(F)c1ccc2c(c1)[C@H]1O[C@@H](CNCC3CCNCC3)CC[C@H]1[C@H](c1ccccc1)N2. The lowest BCUT2D eigenvalue weighted by Crippen LogP contribution is -2.43. The molecule has 0 unspecified atom stereocenters. The van der Waals surface area contributed by atoms with E-state index in [0.717, 1.165) is 56.3 Å². The standard InChI is InChI=1S/C26H32F3N3O/c27-26(28,29)19-6-9-23-22(14-19)25-21(24(32-23)18-4-2-1-3-5-18)8-7-20(33-25)16-31-15-17-10-12-30-13-11-17/h1-6,9,14,17,20-21,24-25,30-32H,7-8,10-13,15-16H2/t20-,21+,24+,25+/m1/s1. The number of halogens is 3. The number of nitrogens with one attached hydrogen (secondary N) is 3. The van der Waals surface area contributed by atoms with Gasteiger partial charge in [-0.3, -0.25) is 0 Å². The van der Waals surface area contributed by atoms with E-state index in [1.165, 1.54) is 18.9 Å². The molecular formula is C26H32F3N3O. The predicted octanol–water partition coefficient (Wildman–Crippen LogP) is 5.30. The number of hydrogen-bond acceptors (Lipinski definition) is 4. The van der Waals surface area contributed by atoms with Gasteiger partial charge in [0.15, 0.2) is 0 Å². The second-order valence-corrected chi connectivity index (χ2v) is 9.60. The molecule has 0 saturated carbocycles. The van der Waals surface area contributed by atoms with Crippen LogP contribution in [0.5, 0.6) is 0 Å². The molecule has 0 bridgehead atoms. The van der Waals surface area contributed by atoms with Crippen LogP contribution in [0.2, 0.25) is 0 Å². The number of hydrogen-bond donors (Lipinski definition) is 3. The van der Waals surface area contributed by atoms with Crippen molar-refractivity contribution in [3.8, 4) is 0 Å². The summed E-state index contributed by atoms with van der Waals surface area (Å²) in [7, 11) is 0. The van der Waals surface area contributed by atoms with Gasteiger partial charge in [-0.2, -0.15) is 13.2 Å². The smallest absolute Gasteiger partial charge is 0.378 e. The van der Waals surface area contributed by atoms with E-state index in [4.69, 9.17) is 4.74 Å². The van der Waals surface area contributed by atoms with Crippen LogP contribution in [0.4, 0.5) is 18.9 Å². The summed E-state index contributed by atoms with van der Waals surface area (Å²) in [5.74, 6) is 0.767. The Morgan fingerprint density at radius 1 is 0.939 bits per heavy atom. The molecule has 2 saturated heterocycles. The van der Waals surface area contributed by atoms with Crippen molar-refractivity contribution in [2.24, 2.45) is 11.8 Å². The van der Waals surface area contributed by atoms with Crippen molar-refractivity contribution in [2.45, 2.75) is 50.1 Å². The van der Waals surface area contributed by atoms with E-state index in [2.05, 4.69) is 28.1 Å². The maximum atomic E-state index is 13.5. The number of rotatable bonds is 5. The highest BCUT2D eigenvalue weighted by Gasteiger charge is 2.43. The van der Waals surface area contributed by atoms with Crippen LogP contribution in [-0.2, 0) is 10.9 Å². The van der Waals surface area contributed by atoms with Gasteiger partial charge in [-0.25, -0.2) is 0 Å². The molecule has 0 aliphatic carbocycles. The second kappa shape index (κ2) is 9.65. The summed E-state index contributed by atoms with van der Waals surface area (Å²) in [6, 6.07) is 14.2. The van der Waals surface area contributed by atoms with E-state index >= 15 is 0 Å². The Balaban J connectivity index is 1.35. The Morgan fingerprint density at radius 2 is 1.73 bits per heavy atom. The molecule has 0 aromatic heterocycles. The Morgan fingerprint density at radius 3 is 2.48 bits per heavy atom. The van der Waals surface area contributed by atoms with Gasteiger partial charge in [-0.15, -0.1) is 0 Å². The average molecular weight is 460 g/mol. The Bertz CT molecular complexity index is 930. The van der Waals surface area contributed by atoms with Crippen LogP contribution in [-0.4, -0.2) is 32.3 Å². The van der Waals surface area contributed by atoms with Crippen molar-refractivity contribution >= 4 is 5.69 Å². The van der Waals surface area contributed by atoms with E-state index in [-0.39, 0.29) is 24.2 Å². The number of anilines is 1. The van der Waals surface area contributed by atoms with Crippen molar-refractivity contribution in [3.05, 3.63) is 65.2 Å². The quantitative estimate of drug-likeness (QED) is 0.568. The highest BCUT2D eigenvalue weighted by Crippen LogP contribution is 2.51. The summed E-state index contributed by atoms with van der Waals surface area (Å²) in [5.41, 5.74) is 1.89. The Kier molecular flexibility index (Phi) is 6.63. The van der Waals surface area contributed by atoms with Crippen molar-refractivity contribution in [1.29, 1.82) is 0 Å². The van der Waals surface area contributed by atoms with Crippen LogP contribution in [0.15, 0.2) is 48.5 Å². The van der Waals surface area contributed by atoms with Gasteiger partial charge in [-0.05, 0) is 75.0 Å². The van der Waals surface area contributed by atoms with Crippen LogP contribution in [0.3, 0.4) is 0 Å². The van der Waals surface area contributed by atoms with Crippen LogP contribution >= 0.6 is 0 Å². The van der Waals surface area contributed by atoms with Gasteiger partial charge in [-0.1, -0.05) is 30.3 Å². The van der Waals surface area contributed by atoms with Gasteiger partial charge in [0.05, 0.1) is 23.8 Å². The van der Waals surface area contributed by atoms with Crippen molar-refractivity contribution in [3.63, 3.8) is 0 Å². The predicted molar refractivity (Wildman–Crippen MR) is 123 cm³/mol. The first kappa shape index (κ1) is 22.7. The van der Waals surface area contributed by atoms with Gasteiger partial charge in [0.25, 0.3) is 0 Å². The van der Waals surface area contributed by atoms with E-state index in [0.29, 0.717) is 11.5 Å². The summed E-state index contributed by atoms with van der Waals surface area (Å²) in [6.07, 6.45) is -0.543. The highest BCUT2D eigenvalue weighted by molar-refractivity contribution is 5.58. The number of benzene rings is 2. The average Bonchev–Trinajstić information content (AvgIpc) is 2.84. The molecular weight excluding hydrogens is 427 g/mol. The first-order chi connectivity index (χ1) is 16.0. The molecule has 0 amide bonds. The lowest BCUT2D eigenvalue weighted by molar-refractivity contribution is -0.138. The number of alkyl halides is 3. The monoisotopic (exact) mass is 459 g/mol. The molecule has 3 heterocycles. The van der Waals surface area contributed by atoms with E-state index in [1.54, 1.807) is 6.07 Å². The van der Waals surface area contributed by atoms with E-state index < -0.39 is 11.7 Å². The number of piperidine rings is 1. The minimum absolute atomic E-state index is 0.00452. The molecule has 4 nitrogen and oxygen atoms in total. The zero-order valence-corrected chi connectivity index (χ0v) is 18.7. The van der Waals surface area contributed by atoms with Gasteiger partial charge in [0.1, 0.15) is 0 Å². The topological polar surface area (TPSA) is 45.3 Å². The Labute approximate surface area is 193 Å². The third kappa shape index (κ3) is 5.05. The summed E-state index contributed by atoms with van der Waals surface area (Å²) in [5, 5.41) is 10.5. The zero-order chi connectivity index (χ0) is 22.8. The first-order valence-corrected chi connectivity index (χ1v) is 12.1. The van der Waals surface area contributed by atoms with Crippen molar-refractivity contribution < 1.29 is 17.9 Å². The molecule has 2 aromatic rings. The fraction of sp³-hybridized carbons (Fsp3) is 0.538. The van der Waals surface area contributed by atoms with E-state index in [9.17, 15) is 13.2 Å². The second-order valence-electron chi connectivity index (χ2n) is 9.60. The van der Waals surface area contributed by atoms with Crippen LogP contribution in [0.25, 0.3) is 0 Å².